The van der Waals surface area contributed by atoms with Crippen molar-refractivity contribution in [2.24, 2.45) is 0 Å². The van der Waals surface area contributed by atoms with Crippen LogP contribution in [0.15, 0.2) is 53.4 Å². The number of benzene rings is 2. The minimum atomic E-state index is -0.0789. The normalized spacial score (nSPS) is 15.1. The number of amides is 2. The van der Waals surface area contributed by atoms with Crippen molar-refractivity contribution in [1.29, 1.82) is 0 Å². The fraction of sp³-hybridized carbons (Fsp3) is 0.227. The molecule has 0 radical (unpaired) electrons. The quantitative estimate of drug-likeness (QED) is 0.271. The molecule has 3 rings (SSSR count). The standard InChI is InChI=1S/C22H20Cl2N2O2S2/c23-17-11-10-16(14-18(17)24)25-20(27)9-5-2-6-12-26-21(28)19(30-22(26)29)13-15-7-3-1-4-8-15/h1,3-4,7-8,10-11,13-14H,2,5-6,9,12H2,(H,25,27)/b19-13-. The van der Waals surface area contributed by atoms with Gasteiger partial charge in [0.1, 0.15) is 4.32 Å². The van der Waals surface area contributed by atoms with Crippen molar-refractivity contribution in [3.63, 3.8) is 0 Å². The van der Waals surface area contributed by atoms with E-state index in [2.05, 4.69) is 5.32 Å². The van der Waals surface area contributed by atoms with Crippen LogP contribution in [0.5, 0.6) is 0 Å². The van der Waals surface area contributed by atoms with Crippen LogP contribution in [-0.2, 0) is 9.59 Å². The van der Waals surface area contributed by atoms with Crippen LogP contribution >= 0.6 is 47.2 Å². The highest BCUT2D eigenvalue weighted by atomic mass is 35.5. The third kappa shape index (κ3) is 6.32. The van der Waals surface area contributed by atoms with Crippen molar-refractivity contribution in [1.82, 2.24) is 4.90 Å². The summed E-state index contributed by atoms with van der Waals surface area (Å²) >= 11 is 18.5. The van der Waals surface area contributed by atoms with Crippen LogP contribution in [0.2, 0.25) is 10.0 Å². The first kappa shape index (κ1) is 22.8. The van der Waals surface area contributed by atoms with E-state index in [1.165, 1.54) is 11.8 Å². The van der Waals surface area contributed by atoms with Gasteiger partial charge in [0, 0.05) is 18.7 Å². The highest BCUT2D eigenvalue weighted by molar-refractivity contribution is 8.26. The number of nitrogens with zero attached hydrogens (tertiary/aromatic N) is 1. The molecule has 0 unspecified atom stereocenters. The van der Waals surface area contributed by atoms with Crippen molar-refractivity contribution < 1.29 is 9.59 Å². The lowest BCUT2D eigenvalue weighted by Gasteiger charge is -2.14. The van der Waals surface area contributed by atoms with Gasteiger partial charge in [-0.3, -0.25) is 14.5 Å². The molecule has 4 nitrogen and oxygen atoms in total. The first-order valence-electron chi connectivity index (χ1n) is 9.49. The van der Waals surface area contributed by atoms with Gasteiger partial charge >= 0.3 is 0 Å². The summed E-state index contributed by atoms with van der Waals surface area (Å²) in [5, 5.41) is 3.66. The second-order valence-electron chi connectivity index (χ2n) is 6.73. The summed E-state index contributed by atoms with van der Waals surface area (Å²) in [5.74, 6) is -0.129. The lowest BCUT2D eigenvalue weighted by atomic mass is 10.1. The second-order valence-corrected chi connectivity index (χ2v) is 9.22. The molecule has 2 aromatic carbocycles. The van der Waals surface area contributed by atoms with Gasteiger partial charge in [0.25, 0.3) is 5.91 Å². The molecule has 1 fully saturated rings. The fourth-order valence-corrected chi connectivity index (χ4v) is 4.53. The van der Waals surface area contributed by atoms with Crippen LogP contribution < -0.4 is 5.32 Å². The summed E-state index contributed by atoms with van der Waals surface area (Å²) in [6.07, 6.45) is 4.59. The number of carbonyl (C=O) groups is 2. The molecule has 0 aliphatic carbocycles. The molecule has 30 heavy (non-hydrogen) atoms. The molecule has 0 bridgehead atoms. The zero-order chi connectivity index (χ0) is 21.5. The molecule has 1 heterocycles. The number of hydrogen-bond donors (Lipinski definition) is 1. The maximum absolute atomic E-state index is 12.6. The summed E-state index contributed by atoms with van der Waals surface area (Å²) in [6.45, 7) is 0.561. The molecule has 156 valence electrons. The Bertz CT molecular complexity index is 980. The van der Waals surface area contributed by atoms with Crippen LogP contribution in [0.3, 0.4) is 0 Å². The van der Waals surface area contributed by atoms with Gasteiger partial charge in [0.05, 0.1) is 15.0 Å². The summed E-state index contributed by atoms with van der Waals surface area (Å²) in [7, 11) is 0. The van der Waals surface area contributed by atoms with Crippen LogP contribution in [0.25, 0.3) is 6.08 Å². The van der Waals surface area contributed by atoms with E-state index in [-0.39, 0.29) is 11.8 Å². The van der Waals surface area contributed by atoms with Gasteiger partial charge in [-0.15, -0.1) is 0 Å². The van der Waals surface area contributed by atoms with Crippen LogP contribution in [-0.4, -0.2) is 27.6 Å². The molecule has 2 amide bonds. The minimum absolute atomic E-state index is 0.0498. The summed E-state index contributed by atoms with van der Waals surface area (Å²) < 4.78 is 0.583. The Morgan fingerprint density at radius 1 is 1.07 bits per heavy atom. The predicted molar refractivity (Wildman–Crippen MR) is 130 cm³/mol. The number of thioether (sulfide) groups is 1. The molecule has 2 aromatic rings. The Hall–Kier alpha value is -1.86. The van der Waals surface area contributed by atoms with Crippen LogP contribution in [0, 0.1) is 0 Å². The highest BCUT2D eigenvalue weighted by Gasteiger charge is 2.31. The van der Waals surface area contributed by atoms with Gasteiger partial charge in [-0.2, -0.15) is 0 Å². The number of carbonyl (C=O) groups excluding carboxylic acids is 2. The van der Waals surface area contributed by atoms with E-state index in [1.807, 2.05) is 36.4 Å². The number of anilines is 1. The average Bonchev–Trinajstić information content (AvgIpc) is 2.98. The van der Waals surface area contributed by atoms with Gasteiger partial charge in [-0.05, 0) is 42.7 Å². The number of rotatable bonds is 8. The molecular formula is C22H20Cl2N2O2S2. The average molecular weight is 479 g/mol. The van der Waals surface area contributed by atoms with E-state index in [0.29, 0.717) is 37.9 Å². The van der Waals surface area contributed by atoms with E-state index >= 15 is 0 Å². The lowest BCUT2D eigenvalue weighted by Crippen LogP contribution is -2.29. The van der Waals surface area contributed by atoms with Crippen molar-refractivity contribution >= 4 is 75.1 Å². The summed E-state index contributed by atoms with van der Waals surface area (Å²) in [4.78, 5) is 27.0. The molecule has 8 heteroatoms. The van der Waals surface area contributed by atoms with Crippen LogP contribution in [0.4, 0.5) is 5.69 Å². The third-order valence-electron chi connectivity index (χ3n) is 4.46. The molecule has 0 atom stereocenters. The number of hydrogen-bond acceptors (Lipinski definition) is 4. The molecule has 0 aromatic heterocycles. The topological polar surface area (TPSA) is 49.4 Å². The molecule has 1 saturated heterocycles. The predicted octanol–water partition coefficient (Wildman–Crippen LogP) is 6.39. The Balaban J connectivity index is 1.40. The Labute approximate surface area is 195 Å². The molecule has 1 aliphatic rings. The Kier molecular flexibility index (Phi) is 8.33. The second kappa shape index (κ2) is 11.0. The van der Waals surface area contributed by atoms with Crippen LogP contribution in [0.1, 0.15) is 31.2 Å². The fourth-order valence-electron chi connectivity index (χ4n) is 2.92. The van der Waals surface area contributed by atoms with Crippen molar-refractivity contribution in [2.45, 2.75) is 25.7 Å². The van der Waals surface area contributed by atoms with Gasteiger partial charge in [-0.1, -0.05) is 83.9 Å². The third-order valence-corrected chi connectivity index (χ3v) is 6.58. The van der Waals surface area contributed by atoms with Gasteiger partial charge in [0.2, 0.25) is 5.91 Å². The van der Waals surface area contributed by atoms with E-state index in [9.17, 15) is 9.59 Å². The Morgan fingerprint density at radius 3 is 2.57 bits per heavy atom. The van der Waals surface area contributed by atoms with Crippen molar-refractivity contribution in [3.8, 4) is 0 Å². The highest BCUT2D eigenvalue weighted by Crippen LogP contribution is 2.32. The molecular weight excluding hydrogens is 459 g/mol. The summed E-state index contributed by atoms with van der Waals surface area (Å²) in [5.41, 5.74) is 1.60. The molecule has 0 spiro atoms. The van der Waals surface area contributed by atoms with E-state index in [1.54, 1.807) is 23.1 Å². The number of unbranched alkanes of at least 4 members (excludes halogenated alkanes) is 2. The number of nitrogens with one attached hydrogen (secondary N) is 1. The number of halogens is 2. The maximum Gasteiger partial charge on any atom is 0.266 e. The summed E-state index contributed by atoms with van der Waals surface area (Å²) in [6, 6.07) is 14.7. The van der Waals surface area contributed by atoms with E-state index in [4.69, 9.17) is 35.4 Å². The minimum Gasteiger partial charge on any atom is -0.326 e. The van der Waals surface area contributed by atoms with E-state index < -0.39 is 0 Å². The first-order valence-corrected chi connectivity index (χ1v) is 11.5. The lowest BCUT2D eigenvalue weighted by molar-refractivity contribution is -0.122. The van der Waals surface area contributed by atoms with Gasteiger partial charge in [-0.25, -0.2) is 0 Å². The van der Waals surface area contributed by atoms with Crippen molar-refractivity contribution in [2.75, 3.05) is 11.9 Å². The monoisotopic (exact) mass is 478 g/mol. The Morgan fingerprint density at radius 2 is 1.83 bits per heavy atom. The van der Waals surface area contributed by atoms with Crippen molar-refractivity contribution in [3.05, 3.63) is 69.0 Å². The molecule has 1 aliphatic heterocycles. The molecule has 0 saturated carbocycles. The molecule has 1 N–H and O–H groups in total. The number of thiocarbonyl (C=S) groups is 1. The zero-order valence-electron chi connectivity index (χ0n) is 16.1. The SMILES string of the molecule is O=C(CCCCCN1C(=O)/C(=C/c2ccccc2)SC1=S)Nc1ccc(Cl)c(Cl)c1. The smallest absolute Gasteiger partial charge is 0.266 e. The van der Waals surface area contributed by atoms with E-state index in [0.717, 1.165) is 24.8 Å². The first-order chi connectivity index (χ1) is 14.4. The van der Waals surface area contributed by atoms with Gasteiger partial charge < -0.3 is 5.32 Å². The van der Waals surface area contributed by atoms with Gasteiger partial charge in [0.15, 0.2) is 0 Å². The zero-order valence-corrected chi connectivity index (χ0v) is 19.2. The largest absolute Gasteiger partial charge is 0.326 e. The maximum atomic E-state index is 12.6.